The highest BCUT2D eigenvalue weighted by molar-refractivity contribution is 7.09. The molecule has 0 spiro atoms. The van der Waals surface area contributed by atoms with E-state index >= 15 is 0 Å². The van der Waals surface area contributed by atoms with Gasteiger partial charge in [-0.2, -0.15) is 0 Å². The number of furan rings is 1. The van der Waals surface area contributed by atoms with Gasteiger partial charge in [0.25, 0.3) is 0 Å². The Morgan fingerprint density at radius 1 is 1.17 bits per heavy atom. The monoisotopic (exact) mass is 406 g/mol. The van der Waals surface area contributed by atoms with Gasteiger partial charge in [0.2, 0.25) is 0 Å². The molecule has 1 aliphatic rings. The van der Waals surface area contributed by atoms with Gasteiger partial charge in [-0.3, -0.25) is 9.69 Å². The number of piperidine rings is 1. The number of aryl methyl sites for hydroxylation is 1. The molecule has 5 rings (SSSR count). The molecule has 29 heavy (non-hydrogen) atoms. The number of likely N-dealkylation sites (tertiary alicyclic amines) is 1. The van der Waals surface area contributed by atoms with Gasteiger partial charge in [-0.05, 0) is 57.1 Å². The molecule has 4 aromatic rings. The number of fused-ring (bicyclic) bond motifs is 3. The zero-order valence-corrected chi connectivity index (χ0v) is 17.1. The molecule has 0 unspecified atom stereocenters. The average Bonchev–Trinajstić information content (AvgIpc) is 3.31. The number of hydrogen-bond donors (Lipinski definition) is 0. The highest BCUT2D eigenvalue weighted by atomic mass is 32.1. The summed E-state index contributed by atoms with van der Waals surface area (Å²) in [5.41, 5.74) is 2.76. The second-order valence-corrected chi connectivity index (χ2v) is 8.65. The Morgan fingerprint density at radius 2 is 1.97 bits per heavy atom. The van der Waals surface area contributed by atoms with Crippen LogP contribution in [0.5, 0.6) is 5.75 Å². The van der Waals surface area contributed by atoms with Crippen molar-refractivity contribution in [3.05, 3.63) is 58.5 Å². The first-order valence-electron chi connectivity index (χ1n) is 9.92. The fourth-order valence-corrected chi connectivity index (χ4v) is 4.61. The van der Waals surface area contributed by atoms with Crippen molar-refractivity contribution >= 4 is 39.2 Å². The molecule has 0 bridgehead atoms. The standard InChI is InChI=1S/C23H22N2O3S/c1-15-24-17(14-29-15)13-25-10-8-16(9-11-25)23(26)27-18-6-7-22-20(12-18)19-4-2-3-5-21(19)28-22/h2-7,12,14,16H,8-11,13H2,1H3. The SMILES string of the molecule is Cc1nc(CN2CCC(C(=O)Oc3ccc4oc5ccccc5c4c3)CC2)cs1. The maximum absolute atomic E-state index is 12.7. The van der Waals surface area contributed by atoms with Gasteiger partial charge in [0.15, 0.2) is 0 Å². The number of thiazole rings is 1. The lowest BCUT2D eigenvalue weighted by Gasteiger charge is -2.30. The van der Waals surface area contributed by atoms with Gasteiger partial charge in [-0.15, -0.1) is 11.3 Å². The van der Waals surface area contributed by atoms with Gasteiger partial charge >= 0.3 is 5.97 Å². The molecule has 0 aliphatic carbocycles. The fraction of sp³-hybridized carbons (Fsp3) is 0.304. The van der Waals surface area contributed by atoms with E-state index in [-0.39, 0.29) is 11.9 Å². The highest BCUT2D eigenvalue weighted by Gasteiger charge is 2.27. The van der Waals surface area contributed by atoms with Crippen LogP contribution in [0.25, 0.3) is 21.9 Å². The summed E-state index contributed by atoms with van der Waals surface area (Å²) in [6.45, 7) is 4.67. The second-order valence-electron chi connectivity index (χ2n) is 7.59. The van der Waals surface area contributed by atoms with E-state index in [9.17, 15) is 4.79 Å². The molecule has 2 aromatic carbocycles. The summed E-state index contributed by atoms with van der Waals surface area (Å²) in [7, 11) is 0. The van der Waals surface area contributed by atoms with Gasteiger partial charge in [0.05, 0.1) is 16.6 Å². The molecule has 0 atom stereocenters. The summed E-state index contributed by atoms with van der Waals surface area (Å²) < 4.78 is 11.6. The van der Waals surface area contributed by atoms with E-state index in [0.717, 1.165) is 65.1 Å². The van der Waals surface area contributed by atoms with Gasteiger partial charge in [0, 0.05) is 22.7 Å². The zero-order valence-electron chi connectivity index (χ0n) is 16.3. The van der Waals surface area contributed by atoms with Crippen LogP contribution < -0.4 is 4.74 Å². The number of para-hydroxylation sites is 1. The Kier molecular flexibility index (Phi) is 4.81. The molecule has 2 aromatic heterocycles. The average molecular weight is 407 g/mol. The third-order valence-corrected chi connectivity index (χ3v) is 6.36. The van der Waals surface area contributed by atoms with Crippen LogP contribution in [0.1, 0.15) is 23.5 Å². The van der Waals surface area contributed by atoms with Crippen LogP contribution in [0, 0.1) is 12.8 Å². The largest absolute Gasteiger partial charge is 0.456 e. The Balaban J connectivity index is 1.23. The van der Waals surface area contributed by atoms with E-state index in [1.165, 1.54) is 0 Å². The van der Waals surface area contributed by atoms with Gasteiger partial charge < -0.3 is 9.15 Å². The minimum atomic E-state index is -0.138. The highest BCUT2D eigenvalue weighted by Crippen LogP contribution is 2.32. The quantitative estimate of drug-likeness (QED) is 0.346. The molecule has 0 radical (unpaired) electrons. The lowest BCUT2D eigenvalue weighted by atomic mass is 9.97. The molecule has 148 valence electrons. The van der Waals surface area contributed by atoms with Gasteiger partial charge in [-0.25, -0.2) is 4.98 Å². The van der Waals surface area contributed by atoms with Crippen LogP contribution in [0.3, 0.4) is 0 Å². The maximum Gasteiger partial charge on any atom is 0.314 e. The van der Waals surface area contributed by atoms with Crippen molar-refractivity contribution in [3.63, 3.8) is 0 Å². The normalized spacial score (nSPS) is 15.9. The van der Waals surface area contributed by atoms with Crippen molar-refractivity contribution in [1.82, 2.24) is 9.88 Å². The number of benzene rings is 2. The van der Waals surface area contributed by atoms with Crippen LogP contribution in [0.4, 0.5) is 0 Å². The van der Waals surface area contributed by atoms with Gasteiger partial charge in [-0.1, -0.05) is 18.2 Å². The van der Waals surface area contributed by atoms with Crippen molar-refractivity contribution in [3.8, 4) is 5.75 Å². The predicted molar refractivity (Wildman–Crippen MR) is 114 cm³/mol. The predicted octanol–water partition coefficient (Wildman–Crippen LogP) is 5.17. The molecule has 5 nitrogen and oxygen atoms in total. The van der Waals surface area contributed by atoms with E-state index in [1.807, 2.05) is 49.4 Å². The number of aromatic nitrogens is 1. The topological polar surface area (TPSA) is 55.6 Å². The third kappa shape index (κ3) is 3.78. The summed E-state index contributed by atoms with van der Waals surface area (Å²) in [4.78, 5) is 19.6. The Labute approximate surface area is 172 Å². The number of carbonyl (C=O) groups excluding carboxylic acids is 1. The minimum absolute atomic E-state index is 0.0554. The Morgan fingerprint density at radius 3 is 2.76 bits per heavy atom. The second kappa shape index (κ2) is 7.61. The Bertz CT molecular complexity index is 1170. The van der Waals surface area contributed by atoms with Crippen molar-refractivity contribution < 1.29 is 13.9 Å². The zero-order chi connectivity index (χ0) is 19.8. The van der Waals surface area contributed by atoms with E-state index in [2.05, 4.69) is 15.3 Å². The Hall–Kier alpha value is -2.70. The summed E-state index contributed by atoms with van der Waals surface area (Å²) in [6, 6.07) is 13.5. The van der Waals surface area contributed by atoms with E-state index in [4.69, 9.17) is 9.15 Å². The number of nitrogens with zero attached hydrogens (tertiary/aromatic N) is 2. The smallest absolute Gasteiger partial charge is 0.314 e. The van der Waals surface area contributed by atoms with E-state index < -0.39 is 0 Å². The van der Waals surface area contributed by atoms with Crippen LogP contribution in [-0.2, 0) is 11.3 Å². The summed E-state index contributed by atoms with van der Waals surface area (Å²) >= 11 is 1.68. The molecule has 0 N–H and O–H groups in total. The summed E-state index contributed by atoms with van der Waals surface area (Å²) in [5, 5.41) is 5.22. The fourth-order valence-electron chi connectivity index (χ4n) is 4.00. The summed E-state index contributed by atoms with van der Waals surface area (Å²) in [5.74, 6) is 0.385. The molecule has 6 heteroatoms. The van der Waals surface area contributed by atoms with Crippen molar-refractivity contribution in [1.29, 1.82) is 0 Å². The van der Waals surface area contributed by atoms with E-state index in [0.29, 0.717) is 5.75 Å². The molecule has 3 heterocycles. The first-order chi connectivity index (χ1) is 14.2. The van der Waals surface area contributed by atoms with Gasteiger partial charge in [0.1, 0.15) is 16.9 Å². The van der Waals surface area contributed by atoms with Crippen molar-refractivity contribution in [2.45, 2.75) is 26.3 Å². The van der Waals surface area contributed by atoms with Crippen molar-refractivity contribution in [2.24, 2.45) is 5.92 Å². The van der Waals surface area contributed by atoms with Crippen molar-refractivity contribution in [2.75, 3.05) is 13.1 Å². The first-order valence-corrected chi connectivity index (χ1v) is 10.8. The molecule has 0 saturated carbocycles. The maximum atomic E-state index is 12.7. The number of carbonyl (C=O) groups is 1. The van der Waals surface area contributed by atoms with Crippen LogP contribution in [0.2, 0.25) is 0 Å². The van der Waals surface area contributed by atoms with E-state index in [1.54, 1.807) is 11.3 Å². The van der Waals surface area contributed by atoms with Crippen LogP contribution >= 0.6 is 11.3 Å². The molecular formula is C23H22N2O3S. The first kappa shape index (κ1) is 18.3. The lowest BCUT2D eigenvalue weighted by Crippen LogP contribution is -2.37. The number of rotatable bonds is 4. The van der Waals surface area contributed by atoms with Crippen LogP contribution in [0.15, 0.2) is 52.3 Å². The number of hydrogen-bond acceptors (Lipinski definition) is 6. The molecule has 1 saturated heterocycles. The third-order valence-electron chi connectivity index (χ3n) is 5.54. The molecule has 0 amide bonds. The number of esters is 1. The molecule has 1 fully saturated rings. The summed E-state index contributed by atoms with van der Waals surface area (Å²) in [6.07, 6.45) is 1.64. The number of ether oxygens (including phenoxy) is 1. The van der Waals surface area contributed by atoms with Crippen LogP contribution in [-0.4, -0.2) is 28.9 Å². The lowest BCUT2D eigenvalue weighted by molar-refractivity contribution is -0.140. The molecular weight excluding hydrogens is 384 g/mol. The minimum Gasteiger partial charge on any atom is -0.456 e. The molecule has 1 aliphatic heterocycles.